The summed E-state index contributed by atoms with van der Waals surface area (Å²) in [6.07, 6.45) is 0. The van der Waals surface area contributed by atoms with Crippen LogP contribution in [0.3, 0.4) is 0 Å². The highest BCUT2D eigenvalue weighted by atomic mass is 32.2. The number of benzene rings is 1. The van der Waals surface area contributed by atoms with E-state index in [4.69, 9.17) is 10.00 Å². The molecule has 1 unspecified atom stereocenters. The Balaban J connectivity index is 2.19. The number of nitrogens with zero attached hydrogens (tertiary/aromatic N) is 1. The molecule has 0 saturated carbocycles. The van der Waals surface area contributed by atoms with Gasteiger partial charge in [-0.2, -0.15) is 5.26 Å². The number of hydrogen-bond acceptors (Lipinski definition) is 4. The molecule has 0 bridgehead atoms. The van der Waals surface area contributed by atoms with Crippen LogP contribution in [-0.4, -0.2) is 20.8 Å². The standard InChI is InChI=1S/C10H10N2O3S/c11-5-6-16(13,14)12-9-7-15-10-4-2-1-3-8(9)10/h1-4,9,12H,6-7H2. The van der Waals surface area contributed by atoms with Crippen molar-refractivity contribution < 1.29 is 13.2 Å². The largest absolute Gasteiger partial charge is 0.491 e. The maximum absolute atomic E-state index is 11.4. The number of rotatable bonds is 3. The van der Waals surface area contributed by atoms with Gasteiger partial charge in [-0.05, 0) is 6.07 Å². The maximum Gasteiger partial charge on any atom is 0.225 e. The van der Waals surface area contributed by atoms with Gasteiger partial charge in [0.2, 0.25) is 10.0 Å². The molecule has 0 aliphatic carbocycles. The number of fused-ring (bicyclic) bond motifs is 1. The van der Waals surface area contributed by atoms with E-state index in [1.165, 1.54) is 0 Å². The van der Waals surface area contributed by atoms with E-state index < -0.39 is 21.8 Å². The van der Waals surface area contributed by atoms with Gasteiger partial charge in [0.25, 0.3) is 0 Å². The van der Waals surface area contributed by atoms with E-state index in [2.05, 4.69) is 4.72 Å². The summed E-state index contributed by atoms with van der Waals surface area (Å²) in [6, 6.07) is 8.46. The first kappa shape index (κ1) is 10.9. The van der Waals surface area contributed by atoms with Crippen molar-refractivity contribution in [3.05, 3.63) is 29.8 Å². The van der Waals surface area contributed by atoms with Gasteiger partial charge in [-0.25, -0.2) is 13.1 Å². The van der Waals surface area contributed by atoms with E-state index in [9.17, 15) is 8.42 Å². The molecule has 6 heteroatoms. The van der Waals surface area contributed by atoms with Gasteiger partial charge in [0.1, 0.15) is 12.4 Å². The quantitative estimate of drug-likeness (QED) is 0.834. The SMILES string of the molecule is N#CCS(=O)(=O)NC1COc2ccccc21. The van der Waals surface area contributed by atoms with Crippen molar-refractivity contribution in [2.24, 2.45) is 0 Å². The number of nitrogens with one attached hydrogen (secondary N) is 1. The summed E-state index contributed by atoms with van der Waals surface area (Å²) in [4.78, 5) is 0. The summed E-state index contributed by atoms with van der Waals surface area (Å²) in [5.74, 6) is 0.151. The van der Waals surface area contributed by atoms with Crippen molar-refractivity contribution in [2.75, 3.05) is 12.4 Å². The molecule has 0 saturated heterocycles. The second-order valence-electron chi connectivity index (χ2n) is 3.44. The Kier molecular flexibility index (Phi) is 2.81. The molecule has 5 nitrogen and oxygen atoms in total. The van der Waals surface area contributed by atoms with Crippen molar-refractivity contribution in [2.45, 2.75) is 6.04 Å². The lowest BCUT2D eigenvalue weighted by atomic mass is 10.1. The Labute approximate surface area is 93.7 Å². The molecule has 0 amide bonds. The molecule has 0 aromatic heterocycles. The lowest BCUT2D eigenvalue weighted by molar-refractivity contribution is 0.325. The molecular weight excluding hydrogens is 228 g/mol. The minimum absolute atomic E-state index is 0.268. The zero-order valence-electron chi connectivity index (χ0n) is 8.38. The topological polar surface area (TPSA) is 79.2 Å². The van der Waals surface area contributed by atoms with Crippen molar-refractivity contribution >= 4 is 10.0 Å². The molecule has 1 aromatic carbocycles. The molecule has 84 valence electrons. The first-order valence-electron chi connectivity index (χ1n) is 4.71. The van der Waals surface area contributed by atoms with Crippen molar-refractivity contribution in [1.29, 1.82) is 5.26 Å². The summed E-state index contributed by atoms with van der Waals surface area (Å²) in [5, 5.41) is 8.37. The summed E-state index contributed by atoms with van der Waals surface area (Å²) in [6.45, 7) is 0.268. The Morgan fingerprint density at radius 2 is 2.25 bits per heavy atom. The molecule has 1 aliphatic heterocycles. The maximum atomic E-state index is 11.4. The van der Waals surface area contributed by atoms with Gasteiger partial charge < -0.3 is 4.74 Å². The summed E-state index contributed by atoms with van der Waals surface area (Å²) >= 11 is 0. The molecule has 16 heavy (non-hydrogen) atoms. The number of hydrogen-bond donors (Lipinski definition) is 1. The summed E-state index contributed by atoms with van der Waals surface area (Å²) < 4.78 is 30.6. The second kappa shape index (κ2) is 4.12. The lowest BCUT2D eigenvalue weighted by Crippen LogP contribution is -2.31. The molecule has 1 aliphatic rings. The Morgan fingerprint density at radius 3 is 3.00 bits per heavy atom. The van der Waals surface area contributed by atoms with Crippen LogP contribution in [0.25, 0.3) is 0 Å². The number of sulfonamides is 1. The highest BCUT2D eigenvalue weighted by molar-refractivity contribution is 7.89. The van der Waals surface area contributed by atoms with Crippen LogP contribution < -0.4 is 9.46 Å². The van der Waals surface area contributed by atoms with Crippen LogP contribution in [-0.2, 0) is 10.0 Å². The first-order chi connectivity index (χ1) is 7.62. The van der Waals surface area contributed by atoms with Gasteiger partial charge in [0.05, 0.1) is 12.1 Å². The van der Waals surface area contributed by atoms with E-state index in [1.54, 1.807) is 12.1 Å². The van der Waals surface area contributed by atoms with Crippen LogP contribution in [0.4, 0.5) is 0 Å². The van der Waals surface area contributed by atoms with Crippen LogP contribution in [0.1, 0.15) is 11.6 Å². The predicted octanol–water partition coefficient (Wildman–Crippen LogP) is 0.563. The molecule has 0 spiro atoms. The van der Waals surface area contributed by atoms with E-state index in [-0.39, 0.29) is 6.61 Å². The minimum Gasteiger partial charge on any atom is -0.491 e. The zero-order valence-corrected chi connectivity index (χ0v) is 9.20. The number of nitriles is 1. The van der Waals surface area contributed by atoms with Crippen LogP contribution >= 0.6 is 0 Å². The molecule has 1 atom stereocenters. The molecule has 1 heterocycles. The van der Waals surface area contributed by atoms with Gasteiger partial charge in [0.15, 0.2) is 5.75 Å². The van der Waals surface area contributed by atoms with E-state index in [0.717, 1.165) is 5.56 Å². The normalized spacial score (nSPS) is 18.6. The first-order valence-corrected chi connectivity index (χ1v) is 6.36. The average molecular weight is 238 g/mol. The minimum atomic E-state index is -3.55. The smallest absolute Gasteiger partial charge is 0.225 e. The van der Waals surface area contributed by atoms with Gasteiger partial charge in [-0.1, -0.05) is 18.2 Å². The van der Waals surface area contributed by atoms with Gasteiger partial charge in [-0.3, -0.25) is 0 Å². The second-order valence-corrected chi connectivity index (χ2v) is 5.19. The molecule has 0 fully saturated rings. The van der Waals surface area contributed by atoms with Crippen molar-refractivity contribution in [3.8, 4) is 11.8 Å². The number of ether oxygens (including phenoxy) is 1. The fourth-order valence-corrected chi connectivity index (χ4v) is 2.49. The van der Waals surface area contributed by atoms with Gasteiger partial charge in [-0.15, -0.1) is 0 Å². The Hall–Kier alpha value is -1.58. The summed E-state index contributed by atoms with van der Waals surface area (Å²) in [5.41, 5.74) is 0.809. The lowest BCUT2D eigenvalue weighted by Gasteiger charge is -2.09. The van der Waals surface area contributed by atoms with E-state index in [0.29, 0.717) is 5.75 Å². The van der Waals surface area contributed by atoms with Crippen LogP contribution in [0, 0.1) is 11.3 Å². The Morgan fingerprint density at radius 1 is 1.50 bits per heavy atom. The van der Waals surface area contributed by atoms with Crippen molar-refractivity contribution in [3.63, 3.8) is 0 Å². The predicted molar refractivity (Wildman–Crippen MR) is 57.2 cm³/mol. The molecule has 0 radical (unpaired) electrons. The molecular formula is C10H10N2O3S. The zero-order chi connectivity index (χ0) is 11.6. The molecule has 2 rings (SSSR count). The number of para-hydroxylation sites is 1. The van der Waals surface area contributed by atoms with Crippen LogP contribution in [0.2, 0.25) is 0 Å². The highest BCUT2D eigenvalue weighted by Crippen LogP contribution is 2.31. The fourth-order valence-electron chi connectivity index (χ4n) is 1.60. The molecule has 1 aromatic rings. The fraction of sp³-hybridized carbons (Fsp3) is 0.300. The third-order valence-corrected chi connectivity index (χ3v) is 3.43. The monoisotopic (exact) mass is 238 g/mol. The van der Waals surface area contributed by atoms with Crippen LogP contribution in [0.15, 0.2) is 24.3 Å². The summed E-state index contributed by atoms with van der Waals surface area (Å²) in [7, 11) is -3.55. The van der Waals surface area contributed by atoms with E-state index in [1.807, 2.05) is 18.2 Å². The Bertz CT molecular complexity index is 533. The van der Waals surface area contributed by atoms with Gasteiger partial charge in [0, 0.05) is 5.56 Å². The van der Waals surface area contributed by atoms with Crippen molar-refractivity contribution in [1.82, 2.24) is 4.72 Å². The third-order valence-electron chi connectivity index (χ3n) is 2.28. The van der Waals surface area contributed by atoms with E-state index >= 15 is 0 Å². The third kappa shape index (κ3) is 2.15. The average Bonchev–Trinajstić information content (AvgIpc) is 2.61. The van der Waals surface area contributed by atoms with Gasteiger partial charge >= 0.3 is 0 Å². The highest BCUT2D eigenvalue weighted by Gasteiger charge is 2.27. The molecule has 1 N–H and O–H groups in total. The van der Waals surface area contributed by atoms with Crippen LogP contribution in [0.5, 0.6) is 5.75 Å².